The fourth-order valence-corrected chi connectivity index (χ4v) is 0.759. The van der Waals surface area contributed by atoms with Crippen molar-refractivity contribution >= 4 is 28.1 Å². The third kappa shape index (κ3) is 1.49. The summed E-state index contributed by atoms with van der Waals surface area (Å²) in [5.74, 6) is 0. The molecule has 1 heterocycles. The molecule has 1 rings (SSSR count). The maximum atomic E-state index is 10.4. The van der Waals surface area contributed by atoms with Crippen LogP contribution in [0.3, 0.4) is 0 Å². The van der Waals surface area contributed by atoms with E-state index in [4.69, 9.17) is 12.2 Å². The Labute approximate surface area is 64.3 Å². The van der Waals surface area contributed by atoms with Gasteiger partial charge in [0.05, 0.1) is 4.47 Å². The van der Waals surface area contributed by atoms with Crippen molar-refractivity contribution in [1.82, 2.24) is 9.97 Å². The minimum absolute atomic E-state index is 0.289. The Morgan fingerprint density at radius 1 is 1.67 bits per heavy atom. The van der Waals surface area contributed by atoms with E-state index in [1.807, 2.05) is 0 Å². The Morgan fingerprint density at radius 2 is 2.33 bits per heavy atom. The summed E-state index contributed by atoms with van der Waals surface area (Å²) < 4.78 is 1.11. The topological polar surface area (TPSA) is 48.6 Å². The van der Waals surface area contributed by atoms with Gasteiger partial charge in [0.25, 0.3) is 0 Å². The van der Waals surface area contributed by atoms with E-state index in [1.54, 1.807) is 0 Å². The van der Waals surface area contributed by atoms with Gasteiger partial charge in [0.15, 0.2) is 0 Å². The molecule has 0 amide bonds. The van der Waals surface area contributed by atoms with Crippen LogP contribution in [0.1, 0.15) is 0 Å². The first kappa shape index (κ1) is 6.70. The highest BCUT2D eigenvalue weighted by atomic mass is 79.9. The van der Waals surface area contributed by atoms with Crippen LogP contribution in [-0.2, 0) is 0 Å². The molecule has 2 N–H and O–H groups in total. The molecule has 1 aromatic heterocycles. The van der Waals surface area contributed by atoms with Gasteiger partial charge in [-0.25, -0.2) is 4.79 Å². The van der Waals surface area contributed by atoms with E-state index < -0.39 is 0 Å². The number of hydrogen-bond acceptors (Lipinski definition) is 2. The van der Waals surface area contributed by atoms with E-state index >= 15 is 0 Å². The predicted molar refractivity (Wildman–Crippen MR) is 39.9 cm³/mol. The molecule has 9 heavy (non-hydrogen) atoms. The molecular weight excluding hydrogens is 204 g/mol. The molecule has 0 radical (unpaired) electrons. The third-order valence-electron chi connectivity index (χ3n) is 0.774. The number of nitrogens with one attached hydrogen (secondary N) is 2. The van der Waals surface area contributed by atoms with Gasteiger partial charge in [-0.1, -0.05) is 12.2 Å². The second kappa shape index (κ2) is 2.45. The summed E-state index contributed by atoms with van der Waals surface area (Å²) >= 11 is 7.84. The molecule has 5 heteroatoms. The second-order valence-corrected chi connectivity index (χ2v) is 2.68. The van der Waals surface area contributed by atoms with Crippen LogP contribution in [0.2, 0.25) is 0 Å². The van der Waals surface area contributed by atoms with Gasteiger partial charge in [0.1, 0.15) is 4.64 Å². The zero-order chi connectivity index (χ0) is 6.85. The molecule has 0 fully saturated rings. The maximum Gasteiger partial charge on any atom is 0.323 e. The number of aromatic nitrogens is 2. The molecule has 0 unspecified atom stereocenters. The second-order valence-electron chi connectivity index (χ2n) is 1.42. The van der Waals surface area contributed by atoms with Crippen LogP contribution in [-0.4, -0.2) is 9.97 Å². The number of halogens is 1. The van der Waals surface area contributed by atoms with E-state index in [0.29, 0.717) is 9.11 Å². The molecule has 0 aliphatic heterocycles. The Morgan fingerprint density at radius 3 is 2.78 bits per heavy atom. The first-order valence-electron chi connectivity index (χ1n) is 2.17. The lowest BCUT2D eigenvalue weighted by Crippen LogP contribution is -2.08. The third-order valence-corrected chi connectivity index (χ3v) is 1.98. The molecule has 3 nitrogen and oxygen atoms in total. The highest BCUT2D eigenvalue weighted by Gasteiger charge is 1.87. The molecule has 0 spiro atoms. The standard InChI is InChI=1S/C4H3BrN2OS/c5-2-1-6-4(8)7-3(2)9/h1H,(H2,6,7,8,9). The van der Waals surface area contributed by atoms with E-state index in [-0.39, 0.29) is 5.69 Å². The van der Waals surface area contributed by atoms with Gasteiger partial charge in [-0.15, -0.1) is 0 Å². The van der Waals surface area contributed by atoms with Gasteiger partial charge in [0, 0.05) is 6.20 Å². The average molecular weight is 207 g/mol. The molecule has 1 aromatic rings. The van der Waals surface area contributed by atoms with Crippen molar-refractivity contribution in [3.8, 4) is 0 Å². The lowest BCUT2D eigenvalue weighted by atomic mass is 10.7. The molecule has 0 aliphatic rings. The minimum Gasteiger partial charge on any atom is -0.313 e. The Kier molecular flexibility index (Phi) is 1.82. The molecule has 0 saturated heterocycles. The van der Waals surface area contributed by atoms with Crippen LogP contribution in [0.4, 0.5) is 0 Å². The zero-order valence-corrected chi connectivity index (χ0v) is 6.67. The van der Waals surface area contributed by atoms with E-state index in [9.17, 15) is 4.79 Å². The first-order valence-corrected chi connectivity index (χ1v) is 3.38. The van der Waals surface area contributed by atoms with Crippen LogP contribution < -0.4 is 5.69 Å². The van der Waals surface area contributed by atoms with Gasteiger partial charge in [0.2, 0.25) is 0 Å². The molecule has 0 bridgehead atoms. The monoisotopic (exact) mass is 206 g/mol. The molecular formula is C4H3BrN2OS. The zero-order valence-electron chi connectivity index (χ0n) is 4.27. The molecule has 0 aliphatic carbocycles. The van der Waals surface area contributed by atoms with Crippen molar-refractivity contribution in [3.05, 3.63) is 25.8 Å². The molecule has 48 valence electrons. The fraction of sp³-hybridized carbons (Fsp3) is 0. The van der Waals surface area contributed by atoms with E-state index in [1.165, 1.54) is 6.20 Å². The van der Waals surface area contributed by atoms with E-state index in [2.05, 4.69) is 25.9 Å². The van der Waals surface area contributed by atoms with Crippen molar-refractivity contribution in [3.63, 3.8) is 0 Å². The largest absolute Gasteiger partial charge is 0.323 e. The smallest absolute Gasteiger partial charge is 0.313 e. The quantitative estimate of drug-likeness (QED) is 0.628. The van der Waals surface area contributed by atoms with Crippen molar-refractivity contribution in [2.45, 2.75) is 0 Å². The van der Waals surface area contributed by atoms with Crippen molar-refractivity contribution < 1.29 is 0 Å². The van der Waals surface area contributed by atoms with Gasteiger partial charge < -0.3 is 4.98 Å². The Hall–Kier alpha value is -0.420. The molecule has 0 atom stereocenters. The summed E-state index contributed by atoms with van der Waals surface area (Å²) in [6.45, 7) is 0. The van der Waals surface area contributed by atoms with Crippen LogP contribution in [0, 0.1) is 4.64 Å². The summed E-state index contributed by atoms with van der Waals surface area (Å²) in [7, 11) is 0. The Bertz CT molecular complexity index is 315. The van der Waals surface area contributed by atoms with Crippen molar-refractivity contribution in [2.75, 3.05) is 0 Å². The fourth-order valence-electron chi connectivity index (χ4n) is 0.393. The Balaban J connectivity index is 3.52. The maximum absolute atomic E-state index is 10.4. The summed E-state index contributed by atoms with van der Waals surface area (Å²) in [6, 6.07) is 0. The summed E-state index contributed by atoms with van der Waals surface area (Å²) in [5, 5.41) is 0. The number of H-pyrrole nitrogens is 2. The normalized spacial score (nSPS) is 9.44. The van der Waals surface area contributed by atoms with E-state index in [0.717, 1.165) is 0 Å². The summed E-state index contributed by atoms with van der Waals surface area (Å²) in [4.78, 5) is 15.3. The SMILES string of the molecule is O=c1[nH]cc(Br)c(=S)[nH]1. The number of aromatic amines is 2. The summed E-state index contributed by atoms with van der Waals surface area (Å²) in [5.41, 5.74) is -0.289. The lowest BCUT2D eigenvalue weighted by molar-refractivity contribution is 1.05. The van der Waals surface area contributed by atoms with Gasteiger partial charge >= 0.3 is 5.69 Å². The average Bonchev–Trinajstić information content (AvgIpc) is 1.80. The van der Waals surface area contributed by atoms with Crippen LogP contribution in [0.5, 0.6) is 0 Å². The minimum atomic E-state index is -0.289. The lowest BCUT2D eigenvalue weighted by Gasteiger charge is -1.85. The highest BCUT2D eigenvalue weighted by Crippen LogP contribution is 2.03. The van der Waals surface area contributed by atoms with Crippen molar-refractivity contribution in [2.24, 2.45) is 0 Å². The molecule has 0 aromatic carbocycles. The summed E-state index contributed by atoms with van der Waals surface area (Å²) in [6.07, 6.45) is 1.50. The van der Waals surface area contributed by atoms with Crippen molar-refractivity contribution in [1.29, 1.82) is 0 Å². The van der Waals surface area contributed by atoms with Crippen LogP contribution >= 0.6 is 28.1 Å². The van der Waals surface area contributed by atoms with Crippen LogP contribution in [0.15, 0.2) is 15.5 Å². The number of hydrogen-bond donors (Lipinski definition) is 2. The van der Waals surface area contributed by atoms with Crippen LogP contribution in [0.25, 0.3) is 0 Å². The number of rotatable bonds is 0. The first-order chi connectivity index (χ1) is 4.20. The van der Waals surface area contributed by atoms with Gasteiger partial charge in [-0.3, -0.25) is 4.98 Å². The van der Waals surface area contributed by atoms with Gasteiger partial charge in [-0.05, 0) is 15.9 Å². The van der Waals surface area contributed by atoms with Gasteiger partial charge in [-0.2, -0.15) is 0 Å². The molecule has 0 saturated carbocycles. The highest BCUT2D eigenvalue weighted by molar-refractivity contribution is 9.10. The predicted octanol–water partition coefficient (Wildman–Crippen LogP) is 1.19.